The zero-order valence-corrected chi connectivity index (χ0v) is 37.4. The van der Waals surface area contributed by atoms with Crippen molar-refractivity contribution >= 4 is 57.0 Å². The predicted octanol–water partition coefficient (Wildman–Crippen LogP) is 17.4. The van der Waals surface area contributed by atoms with E-state index >= 15 is 0 Å². The van der Waals surface area contributed by atoms with Crippen LogP contribution in [-0.2, 0) is 5.41 Å². The number of fused-ring (bicyclic) bond motifs is 5. The average molecular weight is 775 g/mol. The second-order valence-corrected chi connectivity index (χ2v) is 15.4. The summed E-state index contributed by atoms with van der Waals surface area (Å²) in [5.74, 6) is 0. The summed E-state index contributed by atoms with van der Waals surface area (Å²) in [7, 11) is 0. The Labute approximate surface area is 355 Å². The van der Waals surface area contributed by atoms with Crippen LogP contribution in [0, 0.1) is 27.7 Å². The van der Waals surface area contributed by atoms with E-state index in [0.717, 1.165) is 17.1 Å². The van der Waals surface area contributed by atoms with Crippen LogP contribution < -0.4 is 9.80 Å². The van der Waals surface area contributed by atoms with Crippen molar-refractivity contribution < 1.29 is 0 Å². The highest BCUT2D eigenvalue weighted by atomic mass is 15.2. The number of benzene rings is 7. The lowest BCUT2D eigenvalue weighted by molar-refractivity contribution is 0.661. The van der Waals surface area contributed by atoms with Gasteiger partial charge >= 0.3 is 0 Å². The van der Waals surface area contributed by atoms with Crippen molar-refractivity contribution in [1.29, 1.82) is 0 Å². The molecule has 0 unspecified atom stereocenters. The fourth-order valence-electron chi connectivity index (χ4n) is 8.90. The van der Waals surface area contributed by atoms with E-state index in [9.17, 15) is 0 Å². The standard InChI is InChI=1S/C53H50N2.2C2H6/c1-9-19-42-35(3)27-31-49(37(42)5)54(39-21-13-11-14-22-39)41-29-30-46-47(33-41)53(7,8)48-34-51(44-25-17-18-26-45(44)52(46)48)55(40-23-15-12-16-24-40)50-32-28-36(4)43(20-10-2)38(50)6;2*1-2/h9-34H,1-8H3;2*1-2H3/b19-9-,20-10-;;. The molecule has 300 valence electrons. The van der Waals surface area contributed by atoms with Crippen LogP contribution in [0.2, 0.25) is 0 Å². The van der Waals surface area contributed by atoms with Crippen LogP contribution in [0.5, 0.6) is 0 Å². The summed E-state index contributed by atoms with van der Waals surface area (Å²) in [5, 5.41) is 2.52. The lowest BCUT2D eigenvalue weighted by atomic mass is 9.81. The molecule has 0 bridgehead atoms. The molecule has 0 saturated heterocycles. The van der Waals surface area contributed by atoms with Crippen LogP contribution in [-0.4, -0.2) is 0 Å². The summed E-state index contributed by atoms with van der Waals surface area (Å²) >= 11 is 0. The van der Waals surface area contributed by atoms with Gasteiger partial charge in [0.2, 0.25) is 0 Å². The van der Waals surface area contributed by atoms with Gasteiger partial charge in [0, 0.05) is 39.2 Å². The molecule has 2 heteroatoms. The summed E-state index contributed by atoms with van der Waals surface area (Å²) < 4.78 is 0. The third kappa shape index (κ3) is 7.65. The first kappa shape index (κ1) is 42.5. The molecule has 0 aliphatic heterocycles. The summed E-state index contributed by atoms with van der Waals surface area (Å²) in [4.78, 5) is 4.92. The lowest BCUT2D eigenvalue weighted by Gasteiger charge is -2.31. The number of anilines is 6. The summed E-state index contributed by atoms with van der Waals surface area (Å²) in [5.41, 5.74) is 19.7. The Bertz CT molecular complexity index is 2630. The largest absolute Gasteiger partial charge is 0.310 e. The van der Waals surface area contributed by atoms with Crippen LogP contribution in [0.3, 0.4) is 0 Å². The second-order valence-electron chi connectivity index (χ2n) is 15.4. The van der Waals surface area contributed by atoms with Gasteiger partial charge in [-0.25, -0.2) is 0 Å². The number of para-hydroxylation sites is 2. The maximum Gasteiger partial charge on any atom is 0.0543 e. The molecule has 0 N–H and O–H groups in total. The predicted molar refractivity (Wildman–Crippen MR) is 262 cm³/mol. The maximum atomic E-state index is 2.49. The van der Waals surface area contributed by atoms with Crippen molar-refractivity contribution in [2.45, 2.75) is 88.5 Å². The Kier molecular flexibility index (Phi) is 13.1. The van der Waals surface area contributed by atoms with Crippen molar-refractivity contribution in [2.24, 2.45) is 0 Å². The van der Waals surface area contributed by atoms with Crippen molar-refractivity contribution in [3.05, 3.63) is 190 Å². The van der Waals surface area contributed by atoms with Gasteiger partial charge in [-0.15, -0.1) is 0 Å². The average Bonchev–Trinajstić information content (AvgIpc) is 3.50. The number of nitrogens with zero attached hydrogens (tertiary/aromatic N) is 2. The van der Waals surface area contributed by atoms with Gasteiger partial charge in [0.1, 0.15) is 0 Å². The topological polar surface area (TPSA) is 6.48 Å². The van der Waals surface area contributed by atoms with Gasteiger partial charge < -0.3 is 9.80 Å². The molecule has 0 saturated carbocycles. The minimum absolute atomic E-state index is 0.263. The zero-order valence-electron chi connectivity index (χ0n) is 37.4. The molecule has 0 fully saturated rings. The lowest BCUT2D eigenvalue weighted by Crippen LogP contribution is -2.18. The summed E-state index contributed by atoms with van der Waals surface area (Å²) in [6.45, 7) is 25.9. The third-order valence-corrected chi connectivity index (χ3v) is 11.7. The van der Waals surface area contributed by atoms with Gasteiger partial charge in [0.25, 0.3) is 0 Å². The molecule has 1 aliphatic carbocycles. The van der Waals surface area contributed by atoms with Crippen LogP contribution in [0.25, 0.3) is 34.1 Å². The molecule has 7 aromatic rings. The van der Waals surface area contributed by atoms with E-state index < -0.39 is 0 Å². The summed E-state index contributed by atoms with van der Waals surface area (Å²) in [6, 6.07) is 49.4. The van der Waals surface area contributed by atoms with Gasteiger partial charge in [0.15, 0.2) is 0 Å². The molecule has 0 aromatic heterocycles. The van der Waals surface area contributed by atoms with E-state index in [2.05, 4.69) is 223 Å². The van der Waals surface area contributed by atoms with Crippen molar-refractivity contribution in [3.8, 4) is 11.1 Å². The van der Waals surface area contributed by atoms with E-state index in [0.29, 0.717) is 0 Å². The Morgan fingerprint density at radius 2 is 0.915 bits per heavy atom. The smallest absolute Gasteiger partial charge is 0.0543 e. The number of hydrogen-bond acceptors (Lipinski definition) is 2. The number of allylic oxidation sites excluding steroid dienone is 2. The van der Waals surface area contributed by atoms with E-state index in [1.807, 2.05) is 27.7 Å². The molecule has 2 nitrogen and oxygen atoms in total. The quantitative estimate of drug-likeness (QED) is 0.152. The highest BCUT2D eigenvalue weighted by molar-refractivity contribution is 6.10. The first-order valence-electron chi connectivity index (χ1n) is 21.5. The van der Waals surface area contributed by atoms with Gasteiger partial charge in [0.05, 0.1) is 5.69 Å². The van der Waals surface area contributed by atoms with Gasteiger partial charge in [-0.05, 0) is 157 Å². The maximum absolute atomic E-state index is 2.49. The molecule has 59 heavy (non-hydrogen) atoms. The molecule has 0 heterocycles. The van der Waals surface area contributed by atoms with E-state index in [1.165, 1.54) is 83.5 Å². The Hall–Kier alpha value is -6.12. The molecule has 0 amide bonds. The Morgan fingerprint density at radius 1 is 0.441 bits per heavy atom. The number of rotatable bonds is 8. The molecule has 8 rings (SSSR count). The molecule has 7 aromatic carbocycles. The minimum atomic E-state index is -0.263. The van der Waals surface area contributed by atoms with Crippen LogP contribution in [0.1, 0.15) is 99.9 Å². The normalized spacial score (nSPS) is 12.4. The molecule has 0 atom stereocenters. The Balaban J connectivity index is 0.00000142. The molecule has 0 radical (unpaired) electrons. The number of aryl methyl sites for hydroxylation is 2. The monoisotopic (exact) mass is 774 g/mol. The van der Waals surface area contributed by atoms with Crippen LogP contribution >= 0.6 is 0 Å². The van der Waals surface area contributed by atoms with Gasteiger partial charge in [-0.2, -0.15) is 0 Å². The first-order valence-corrected chi connectivity index (χ1v) is 21.5. The van der Waals surface area contributed by atoms with Crippen molar-refractivity contribution in [2.75, 3.05) is 9.80 Å². The van der Waals surface area contributed by atoms with E-state index in [4.69, 9.17) is 0 Å². The molecular weight excluding hydrogens is 713 g/mol. The molecular formula is C57H62N2. The SMILES string of the molecule is C/C=C\c1c(C)ccc(N(c2ccccc2)c2ccc3c(c2)C(C)(C)c2cc(N(c4ccccc4)c4ccc(C)c(/C=C\C)c4C)c4ccccc4c2-3)c1C.CC.CC. The van der Waals surface area contributed by atoms with Crippen LogP contribution in [0.15, 0.2) is 146 Å². The van der Waals surface area contributed by atoms with Gasteiger partial charge in [-0.1, -0.05) is 145 Å². The molecule has 0 spiro atoms. The minimum Gasteiger partial charge on any atom is -0.310 e. The van der Waals surface area contributed by atoms with Gasteiger partial charge in [-0.3, -0.25) is 0 Å². The second kappa shape index (κ2) is 18.2. The van der Waals surface area contributed by atoms with E-state index in [1.54, 1.807) is 0 Å². The zero-order chi connectivity index (χ0) is 42.4. The highest BCUT2D eigenvalue weighted by Gasteiger charge is 2.39. The fourth-order valence-corrected chi connectivity index (χ4v) is 8.90. The first-order chi connectivity index (χ1) is 28.6. The number of hydrogen-bond donors (Lipinski definition) is 0. The Morgan fingerprint density at radius 3 is 1.44 bits per heavy atom. The highest BCUT2D eigenvalue weighted by Crippen LogP contribution is 2.56. The fraction of sp³-hybridized carbons (Fsp3) is 0.228. The summed E-state index contributed by atoms with van der Waals surface area (Å²) in [6.07, 6.45) is 8.76. The molecule has 1 aliphatic rings. The van der Waals surface area contributed by atoms with Crippen molar-refractivity contribution in [3.63, 3.8) is 0 Å². The van der Waals surface area contributed by atoms with E-state index in [-0.39, 0.29) is 5.41 Å². The van der Waals surface area contributed by atoms with Crippen molar-refractivity contribution in [1.82, 2.24) is 0 Å². The third-order valence-electron chi connectivity index (χ3n) is 11.7. The van der Waals surface area contributed by atoms with Crippen LogP contribution in [0.4, 0.5) is 34.1 Å².